The molecule has 3 heteroatoms. The van der Waals surface area contributed by atoms with Gasteiger partial charge in [-0.2, -0.15) is 0 Å². The van der Waals surface area contributed by atoms with Crippen molar-refractivity contribution in [3.05, 3.63) is 35.6 Å². The Bertz CT molecular complexity index is 224. The largest absolute Gasteiger partial charge is 0.394 e. The minimum absolute atomic E-state index is 0.125. The molecule has 0 aliphatic carbocycles. The third-order valence-electron chi connectivity index (χ3n) is 1.40. The van der Waals surface area contributed by atoms with Gasteiger partial charge in [-0.25, -0.2) is 4.39 Å². The van der Waals surface area contributed by atoms with Crippen molar-refractivity contribution < 1.29 is 14.6 Å². The van der Waals surface area contributed by atoms with Gasteiger partial charge in [-0.15, -0.1) is 0 Å². The molecule has 1 aromatic carbocycles. The summed E-state index contributed by atoms with van der Waals surface area (Å²) >= 11 is 0. The first kappa shape index (κ1) is 12.1. The molecule has 0 unspecified atom stereocenters. The number of aliphatic hydroxyl groups excluding tert-OH is 2. The SMILES string of the molecule is CCc1cccc(F)c1.OCCO. The lowest BCUT2D eigenvalue weighted by molar-refractivity contribution is 0.186. The van der Waals surface area contributed by atoms with E-state index < -0.39 is 0 Å². The van der Waals surface area contributed by atoms with E-state index in [2.05, 4.69) is 0 Å². The minimum atomic E-state index is -0.144. The number of rotatable bonds is 2. The van der Waals surface area contributed by atoms with Crippen molar-refractivity contribution in [2.45, 2.75) is 13.3 Å². The van der Waals surface area contributed by atoms with Gasteiger partial charge in [0.15, 0.2) is 0 Å². The Hall–Kier alpha value is -0.930. The molecule has 1 aromatic rings. The molecule has 74 valence electrons. The quantitative estimate of drug-likeness (QED) is 0.732. The first-order valence-corrected chi connectivity index (χ1v) is 4.20. The average molecular weight is 186 g/mol. The number of aryl methyl sites for hydroxylation is 1. The van der Waals surface area contributed by atoms with Gasteiger partial charge in [0.2, 0.25) is 0 Å². The molecule has 0 aliphatic rings. The predicted octanol–water partition coefficient (Wildman–Crippen LogP) is 1.36. The lowest BCUT2D eigenvalue weighted by atomic mass is 10.2. The van der Waals surface area contributed by atoms with Gasteiger partial charge < -0.3 is 10.2 Å². The molecular formula is C10H15FO2. The lowest BCUT2D eigenvalue weighted by Crippen LogP contribution is -1.85. The number of hydrogen-bond donors (Lipinski definition) is 2. The van der Waals surface area contributed by atoms with Crippen LogP contribution in [0.4, 0.5) is 4.39 Å². The topological polar surface area (TPSA) is 40.5 Å². The highest BCUT2D eigenvalue weighted by atomic mass is 19.1. The zero-order chi connectivity index (χ0) is 10.1. The number of hydrogen-bond acceptors (Lipinski definition) is 2. The van der Waals surface area contributed by atoms with Gasteiger partial charge in [0.25, 0.3) is 0 Å². The number of aliphatic hydroxyl groups is 2. The molecule has 2 nitrogen and oxygen atoms in total. The molecule has 1 rings (SSSR count). The predicted molar refractivity (Wildman–Crippen MR) is 49.9 cm³/mol. The Morgan fingerprint density at radius 1 is 1.23 bits per heavy atom. The maximum atomic E-state index is 12.4. The second-order valence-electron chi connectivity index (χ2n) is 2.43. The van der Waals surface area contributed by atoms with Crippen LogP contribution in [0.15, 0.2) is 24.3 Å². The molecular weight excluding hydrogens is 171 g/mol. The molecule has 0 aliphatic heterocycles. The zero-order valence-electron chi connectivity index (χ0n) is 7.70. The Morgan fingerprint density at radius 3 is 2.15 bits per heavy atom. The molecule has 0 bridgehead atoms. The van der Waals surface area contributed by atoms with Gasteiger partial charge in [0.1, 0.15) is 5.82 Å². The zero-order valence-corrected chi connectivity index (χ0v) is 7.70. The van der Waals surface area contributed by atoms with Crippen molar-refractivity contribution in [1.29, 1.82) is 0 Å². The summed E-state index contributed by atoms with van der Waals surface area (Å²) in [5.74, 6) is -0.144. The van der Waals surface area contributed by atoms with Gasteiger partial charge in [-0.1, -0.05) is 19.1 Å². The maximum Gasteiger partial charge on any atom is 0.123 e. The standard InChI is InChI=1S/C8H9F.C2H6O2/c1-2-7-4-3-5-8(9)6-7;3-1-2-4/h3-6H,2H2,1H3;3-4H,1-2H2. The summed E-state index contributed by atoms with van der Waals surface area (Å²) < 4.78 is 12.4. The van der Waals surface area contributed by atoms with Gasteiger partial charge in [-0.3, -0.25) is 0 Å². The second-order valence-corrected chi connectivity index (χ2v) is 2.43. The molecule has 13 heavy (non-hydrogen) atoms. The van der Waals surface area contributed by atoms with Gasteiger partial charge >= 0.3 is 0 Å². The summed E-state index contributed by atoms with van der Waals surface area (Å²) in [6.07, 6.45) is 0.901. The van der Waals surface area contributed by atoms with Crippen LogP contribution in [-0.2, 0) is 6.42 Å². The molecule has 0 fully saturated rings. The van der Waals surface area contributed by atoms with Crippen LogP contribution in [0, 0.1) is 5.82 Å². The smallest absolute Gasteiger partial charge is 0.123 e. The highest BCUT2D eigenvalue weighted by Crippen LogP contribution is 2.02. The van der Waals surface area contributed by atoms with Crippen LogP contribution in [0.3, 0.4) is 0 Å². The molecule has 0 saturated carbocycles. The van der Waals surface area contributed by atoms with Crippen molar-refractivity contribution in [1.82, 2.24) is 0 Å². The summed E-state index contributed by atoms with van der Waals surface area (Å²) in [5.41, 5.74) is 1.05. The summed E-state index contributed by atoms with van der Waals surface area (Å²) in [5, 5.41) is 15.2. The molecule has 0 atom stereocenters. The summed E-state index contributed by atoms with van der Waals surface area (Å²) in [4.78, 5) is 0. The molecule has 0 aromatic heterocycles. The molecule has 0 radical (unpaired) electrons. The van der Waals surface area contributed by atoms with Crippen LogP contribution in [0.25, 0.3) is 0 Å². The minimum Gasteiger partial charge on any atom is -0.394 e. The first-order valence-electron chi connectivity index (χ1n) is 4.20. The van der Waals surface area contributed by atoms with Crippen LogP contribution >= 0.6 is 0 Å². The van der Waals surface area contributed by atoms with Crippen LogP contribution in [-0.4, -0.2) is 23.4 Å². The number of benzene rings is 1. The van der Waals surface area contributed by atoms with E-state index in [0.717, 1.165) is 12.0 Å². The average Bonchev–Trinajstić information content (AvgIpc) is 2.18. The summed E-state index contributed by atoms with van der Waals surface area (Å²) in [6, 6.07) is 6.66. The third-order valence-corrected chi connectivity index (χ3v) is 1.40. The normalized spacial score (nSPS) is 8.92. The highest BCUT2D eigenvalue weighted by molar-refractivity contribution is 5.15. The second kappa shape index (κ2) is 7.71. The molecule has 2 N–H and O–H groups in total. The van der Waals surface area contributed by atoms with E-state index in [4.69, 9.17) is 10.2 Å². The molecule has 0 heterocycles. The van der Waals surface area contributed by atoms with E-state index in [-0.39, 0.29) is 19.0 Å². The van der Waals surface area contributed by atoms with E-state index in [1.165, 1.54) is 6.07 Å². The first-order chi connectivity index (χ1) is 6.24. The fourth-order valence-corrected chi connectivity index (χ4v) is 0.757. The number of halogens is 1. The highest BCUT2D eigenvalue weighted by Gasteiger charge is 1.88. The fourth-order valence-electron chi connectivity index (χ4n) is 0.757. The van der Waals surface area contributed by atoms with Crippen LogP contribution in [0.5, 0.6) is 0 Å². The maximum absolute atomic E-state index is 12.4. The summed E-state index contributed by atoms with van der Waals surface area (Å²) in [7, 11) is 0. The monoisotopic (exact) mass is 186 g/mol. The van der Waals surface area contributed by atoms with E-state index in [1.807, 2.05) is 13.0 Å². The molecule has 0 spiro atoms. The van der Waals surface area contributed by atoms with Gasteiger partial charge in [0, 0.05) is 0 Å². The van der Waals surface area contributed by atoms with Crippen LogP contribution < -0.4 is 0 Å². The van der Waals surface area contributed by atoms with Crippen molar-refractivity contribution in [3.8, 4) is 0 Å². The van der Waals surface area contributed by atoms with E-state index in [0.29, 0.717) is 0 Å². The molecule has 0 saturated heterocycles. The van der Waals surface area contributed by atoms with E-state index >= 15 is 0 Å². The Balaban J connectivity index is 0.000000310. The van der Waals surface area contributed by atoms with E-state index in [1.54, 1.807) is 12.1 Å². The van der Waals surface area contributed by atoms with Crippen LogP contribution in [0.2, 0.25) is 0 Å². The van der Waals surface area contributed by atoms with Crippen molar-refractivity contribution >= 4 is 0 Å². The summed E-state index contributed by atoms with van der Waals surface area (Å²) in [6.45, 7) is 1.76. The third kappa shape index (κ3) is 6.25. The van der Waals surface area contributed by atoms with E-state index in [9.17, 15) is 4.39 Å². The van der Waals surface area contributed by atoms with Crippen LogP contribution in [0.1, 0.15) is 12.5 Å². The van der Waals surface area contributed by atoms with Gasteiger partial charge in [-0.05, 0) is 24.1 Å². The van der Waals surface area contributed by atoms with Crippen molar-refractivity contribution in [3.63, 3.8) is 0 Å². The van der Waals surface area contributed by atoms with Crippen molar-refractivity contribution in [2.24, 2.45) is 0 Å². The van der Waals surface area contributed by atoms with Gasteiger partial charge in [0.05, 0.1) is 13.2 Å². The Kier molecular flexibility index (Phi) is 7.15. The van der Waals surface area contributed by atoms with Crippen molar-refractivity contribution in [2.75, 3.05) is 13.2 Å². The Morgan fingerprint density at radius 2 is 1.85 bits per heavy atom. The fraction of sp³-hybridized carbons (Fsp3) is 0.400. The lowest BCUT2D eigenvalue weighted by Gasteiger charge is -1.92. The Labute approximate surface area is 77.7 Å². The molecule has 0 amide bonds.